The first kappa shape index (κ1) is 13.8. The Hall–Kier alpha value is -1.59. The summed E-state index contributed by atoms with van der Waals surface area (Å²) in [6.45, 7) is 6.52. The topological polar surface area (TPSA) is 52.0 Å². The van der Waals surface area contributed by atoms with Crippen molar-refractivity contribution in [2.45, 2.75) is 26.9 Å². The largest absolute Gasteiger partial charge is 0.434 e. The lowest BCUT2D eigenvalue weighted by Gasteiger charge is -2.06. The molecule has 2 heterocycles. The van der Waals surface area contributed by atoms with Crippen molar-refractivity contribution in [2.24, 2.45) is 0 Å². The van der Waals surface area contributed by atoms with Crippen LogP contribution in [0.1, 0.15) is 19.4 Å². The molecule has 0 aliphatic carbocycles. The predicted molar refractivity (Wildman–Crippen MR) is 74.6 cm³/mol. The molecular formula is C13H17ClN4O. The molecule has 0 amide bonds. The number of rotatable bonds is 6. The minimum Gasteiger partial charge on any atom is -0.434 e. The van der Waals surface area contributed by atoms with E-state index < -0.39 is 0 Å². The fourth-order valence-corrected chi connectivity index (χ4v) is 1.82. The second-order valence-corrected chi connectivity index (χ2v) is 4.45. The summed E-state index contributed by atoms with van der Waals surface area (Å²) in [4.78, 5) is 4.23. The van der Waals surface area contributed by atoms with Crippen LogP contribution < -0.4 is 10.1 Å². The van der Waals surface area contributed by atoms with E-state index in [4.69, 9.17) is 16.3 Å². The zero-order chi connectivity index (χ0) is 13.7. The molecule has 0 saturated heterocycles. The Morgan fingerprint density at radius 3 is 2.84 bits per heavy atom. The van der Waals surface area contributed by atoms with Gasteiger partial charge < -0.3 is 10.1 Å². The van der Waals surface area contributed by atoms with Crippen LogP contribution in [0.5, 0.6) is 11.6 Å². The maximum Gasteiger partial charge on any atom is 0.238 e. The first-order valence-corrected chi connectivity index (χ1v) is 6.66. The molecule has 0 atom stereocenters. The highest BCUT2D eigenvalue weighted by atomic mass is 35.5. The lowest BCUT2D eigenvalue weighted by Crippen LogP contribution is -2.11. The first-order chi connectivity index (χ1) is 9.22. The summed E-state index contributed by atoms with van der Waals surface area (Å²) >= 11 is 6.16. The second-order valence-electron chi connectivity index (χ2n) is 4.04. The van der Waals surface area contributed by atoms with Gasteiger partial charge in [-0.05, 0) is 25.1 Å². The Morgan fingerprint density at radius 1 is 1.37 bits per heavy atom. The number of nitrogens with zero attached hydrogens (tertiary/aromatic N) is 3. The molecule has 19 heavy (non-hydrogen) atoms. The zero-order valence-electron chi connectivity index (χ0n) is 11.1. The molecule has 2 aromatic rings. The maximum absolute atomic E-state index is 6.16. The number of hydrogen-bond acceptors (Lipinski definition) is 4. The van der Waals surface area contributed by atoms with E-state index in [1.807, 2.05) is 19.2 Å². The van der Waals surface area contributed by atoms with Crippen molar-refractivity contribution in [3.63, 3.8) is 0 Å². The van der Waals surface area contributed by atoms with E-state index in [0.29, 0.717) is 16.7 Å². The Labute approximate surface area is 117 Å². The smallest absolute Gasteiger partial charge is 0.238 e. The van der Waals surface area contributed by atoms with Crippen LogP contribution >= 0.6 is 11.6 Å². The molecule has 0 spiro atoms. The van der Waals surface area contributed by atoms with E-state index in [0.717, 1.165) is 25.2 Å². The molecule has 6 heteroatoms. The third kappa shape index (κ3) is 3.68. The van der Waals surface area contributed by atoms with Gasteiger partial charge in [0.2, 0.25) is 5.88 Å². The molecule has 0 radical (unpaired) electrons. The number of pyridine rings is 1. The van der Waals surface area contributed by atoms with Crippen molar-refractivity contribution in [3.05, 3.63) is 35.2 Å². The van der Waals surface area contributed by atoms with Crippen molar-refractivity contribution in [1.82, 2.24) is 20.1 Å². The molecular weight excluding hydrogens is 264 g/mol. The van der Waals surface area contributed by atoms with Crippen LogP contribution in [0.3, 0.4) is 0 Å². The molecule has 2 rings (SSSR count). The quantitative estimate of drug-likeness (QED) is 0.884. The van der Waals surface area contributed by atoms with Gasteiger partial charge in [0, 0.05) is 19.3 Å². The summed E-state index contributed by atoms with van der Waals surface area (Å²) in [5.41, 5.74) is 1.03. The van der Waals surface area contributed by atoms with E-state index in [9.17, 15) is 0 Å². The average Bonchev–Trinajstić information content (AvgIpc) is 2.87. The highest BCUT2D eigenvalue weighted by molar-refractivity contribution is 6.31. The fourth-order valence-electron chi connectivity index (χ4n) is 1.59. The van der Waals surface area contributed by atoms with E-state index in [2.05, 4.69) is 22.3 Å². The van der Waals surface area contributed by atoms with Crippen LogP contribution in [-0.2, 0) is 13.1 Å². The Balaban J connectivity index is 2.08. The number of aromatic nitrogens is 3. The Bertz CT molecular complexity index is 541. The van der Waals surface area contributed by atoms with Gasteiger partial charge >= 0.3 is 0 Å². The molecule has 0 aromatic carbocycles. The van der Waals surface area contributed by atoms with E-state index in [1.165, 1.54) is 0 Å². The van der Waals surface area contributed by atoms with Gasteiger partial charge in [-0.15, -0.1) is 0 Å². The molecule has 0 aliphatic heterocycles. The van der Waals surface area contributed by atoms with Crippen LogP contribution in [-0.4, -0.2) is 21.3 Å². The van der Waals surface area contributed by atoms with Crippen LogP contribution in [0.2, 0.25) is 5.02 Å². The monoisotopic (exact) mass is 280 g/mol. The molecule has 0 saturated carbocycles. The highest BCUT2D eigenvalue weighted by Gasteiger charge is 2.07. The number of aryl methyl sites for hydroxylation is 1. The molecule has 102 valence electrons. The lowest BCUT2D eigenvalue weighted by atomic mass is 10.3. The summed E-state index contributed by atoms with van der Waals surface area (Å²) in [7, 11) is 0. The molecule has 0 fully saturated rings. The van der Waals surface area contributed by atoms with Gasteiger partial charge in [-0.2, -0.15) is 5.10 Å². The third-order valence-electron chi connectivity index (χ3n) is 2.59. The number of ether oxygens (including phenoxy) is 1. The molecule has 0 unspecified atom stereocenters. The van der Waals surface area contributed by atoms with Crippen LogP contribution in [0.25, 0.3) is 0 Å². The van der Waals surface area contributed by atoms with Crippen molar-refractivity contribution in [1.29, 1.82) is 0 Å². The second kappa shape index (κ2) is 6.54. The van der Waals surface area contributed by atoms with E-state index in [1.54, 1.807) is 17.1 Å². The van der Waals surface area contributed by atoms with E-state index in [-0.39, 0.29) is 0 Å². The SMILES string of the molecule is CCNCc1cnc(Oc2cnn(CC)c2)c(Cl)c1. The maximum atomic E-state index is 6.16. The van der Waals surface area contributed by atoms with Gasteiger partial charge in [0.1, 0.15) is 5.02 Å². The van der Waals surface area contributed by atoms with Gasteiger partial charge in [0.15, 0.2) is 5.75 Å². The Morgan fingerprint density at radius 2 is 2.21 bits per heavy atom. The minimum absolute atomic E-state index is 0.401. The summed E-state index contributed by atoms with van der Waals surface area (Å²) in [5, 5.41) is 7.85. The number of nitrogens with one attached hydrogen (secondary N) is 1. The molecule has 5 nitrogen and oxygen atoms in total. The van der Waals surface area contributed by atoms with Crippen molar-refractivity contribution in [2.75, 3.05) is 6.54 Å². The molecule has 0 aliphatic rings. The number of halogens is 1. The zero-order valence-corrected chi connectivity index (χ0v) is 11.8. The van der Waals surface area contributed by atoms with Gasteiger partial charge in [-0.1, -0.05) is 18.5 Å². The van der Waals surface area contributed by atoms with Crippen LogP contribution in [0.15, 0.2) is 24.7 Å². The van der Waals surface area contributed by atoms with Gasteiger partial charge in [0.25, 0.3) is 0 Å². The Kier molecular flexibility index (Phi) is 4.76. The summed E-state index contributed by atoms with van der Waals surface area (Å²) in [6.07, 6.45) is 5.22. The van der Waals surface area contributed by atoms with Gasteiger partial charge in [-0.25, -0.2) is 4.98 Å². The van der Waals surface area contributed by atoms with Crippen molar-refractivity contribution in [3.8, 4) is 11.6 Å². The summed E-state index contributed by atoms with van der Waals surface area (Å²) in [5.74, 6) is 1.04. The molecule has 0 bridgehead atoms. The average molecular weight is 281 g/mol. The van der Waals surface area contributed by atoms with Crippen LogP contribution in [0, 0.1) is 0 Å². The highest BCUT2D eigenvalue weighted by Crippen LogP contribution is 2.27. The van der Waals surface area contributed by atoms with Crippen molar-refractivity contribution < 1.29 is 4.74 Å². The van der Waals surface area contributed by atoms with Gasteiger partial charge in [0.05, 0.1) is 12.4 Å². The lowest BCUT2D eigenvalue weighted by molar-refractivity contribution is 0.461. The standard InChI is InChI=1S/C13H17ClN4O/c1-3-15-6-10-5-12(14)13(16-7-10)19-11-8-17-18(4-2)9-11/h5,7-9,15H,3-4,6H2,1-2H3. The first-order valence-electron chi connectivity index (χ1n) is 6.28. The van der Waals surface area contributed by atoms with Crippen LogP contribution in [0.4, 0.5) is 0 Å². The predicted octanol–water partition coefficient (Wildman–Crippen LogP) is 2.85. The van der Waals surface area contributed by atoms with Gasteiger partial charge in [-0.3, -0.25) is 4.68 Å². The van der Waals surface area contributed by atoms with E-state index >= 15 is 0 Å². The summed E-state index contributed by atoms with van der Waals surface area (Å²) in [6, 6.07) is 1.86. The number of hydrogen-bond donors (Lipinski definition) is 1. The fraction of sp³-hybridized carbons (Fsp3) is 0.385. The minimum atomic E-state index is 0.401. The third-order valence-corrected chi connectivity index (χ3v) is 2.86. The molecule has 2 aromatic heterocycles. The molecule has 1 N–H and O–H groups in total. The normalized spacial score (nSPS) is 10.7. The van der Waals surface area contributed by atoms with Crippen molar-refractivity contribution >= 4 is 11.6 Å². The summed E-state index contributed by atoms with van der Waals surface area (Å²) < 4.78 is 7.38.